The number of thiophene rings is 1. The number of carbonyl (C=O) groups is 1. The summed E-state index contributed by atoms with van der Waals surface area (Å²) < 4.78 is 0. The Morgan fingerprint density at radius 1 is 1.15 bits per heavy atom. The van der Waals surface area contributed by atoms with Crippen molar-refractivity contribution < 1.29 is 14.9 Å². The first-order valence-electron chi connectivity index (χ1n) is 8.01. The molecule has 0 saturated heterocycles. The van der Waals surface area contributed by atoms with Crippen LogP contribution in [0.1, 0.15) is 27.0 Å². The lowest BCUT2D eigenvalue weighted by atomic mass is 10.0. The van der Waals surface area contributed by atoms with Gasteiger partial charge in [-0.1, -0.05) is 29.8 Å². The van der Waals surface area contributed by atoms with Crippen molar-refractivity contribution in [3.8, 4) is 11.1 Å². The predicted octanol–water partition coefficient (Wildman–Crippen LogP) is 5.93. The minimum Gasteiger partial charge on any atom is -0.313 e. The van der Waals surface area contributed by atoms with Gasteiger partial charge in [-0.05, 0) is 54.8 Å². The van der Waals surface area contributed by atoms with Crippen LogP contribution in [0.2, 0.25) is 5.02 Å². The Morgan fingerprint density at radius 3 is 2.54 bits per heavy atom. The van der Waals surface area contributed by atoms with Gasteiger partial charge in [0, 0.05) is 27.1 Å². The zero-order chi connectivity index (χ0) is 18.7. The van der Waals surface area contributed by atoms with E-state index in [0.29, 0.717) is 15.6 Å². The first kappa shape index (κ1) is 18.6. The highest BCUT2D eigenvalue weighted by Crippen LogP contribution is 2.36. The number of aryl methyl sites for hydroxylation is 2. The van der Waals surface area contributed by atoms with Crippen LogP contribution in [0, 0.1) is 13.8 Å². The summed E-state index contributed by atoms with van der Waals surface area (Å²) in [5.41, 5.74) is 5.32. The zero-order valence-corrected chi connectivity index (χ0v) is 15.9. The molecule has 2 N–H and O–H groups in total. The molecule has 0 saturated carbocycles. The summed E-state index contributed by atoms with van der Waals surface area (Å²) in [6.45, 7) is 3.95. The maximum Gasteiger partial charge on any atom is 0.256 e. The van der Waals surface area contributed by atoms with Crippen LogP contribution in [-0.4, -0.2) is 11.2 Å². The molecule has 1 aromatic heterocycles. The van der Waals surface area contributed by atoms with Crippen molar-refractivity contribution in [1.82, 2.24) is 0 Å². The van der Waals surface area contributed by atoms with Crippen LogP contribution < -0.4 is 5.32 Å². The minimum atomic E-state index is -0.197. The lowest BCUT2D eigenvalue weighted by Crippen LogP contribution is -2.12. The standard InChI is InChI=1S/C20H18ClNO3S/c1-12-3-4-15(9-13(12)2)19(23)22-20-17(10-25-24)18(11-26-20)14-5-7-16(21)8-6-14/h3-9,11,24H,10H2,1-2H3,(H,22,23). The highest BCUT2D eigenvalue weighted by atomic mass is 35.5. The van der Waals surface area contributed by atoms with Gasteiger partial charge < -0.3 is 5.32 Å². The Bertz CT molecular complexity index is 935. The van der Waals surface area contributed by atoms with Crippen LogP contribution in [0.4, 0.5) is 5.00 Å². The monoisotopic (exact) mass is 387 g/mol. The molecule has 3 aromatic rings. The number of halogens is 1. The van der Waals surface area contributed by atoms with Crippen LogP contribution in [0.5, 0.6) is 0 Å². The quantitative estimate of drug-likeness (QED) is 0.421. The number of rotatable bonds is 5. The lowest BCUT2D eigenvalue weighted by Gasteiger charge is -2.09. The third-order valence-corrected chi connectivity index (χ3v) is 5.44. The van der Waals surface area contributed by atoms with E-state index in [4.69, 9.17) is 16.9 Å². The van der Waals surface area contributed by atoms with Crippen molar-refractivity contribution in [2.24, 2.45) is 0 Å². The summed E-state index contributed by atoms with van der Waals surface area (Å²) >= 11 is 7.34. The van der Waals surface area contributed by atoms with Crippen LogP contribution in [0.3, 0.4) is 0 Å². The van der Waals surface area contributed by atoms with E-state index in [2.05, 4.69) is 10.2 Å². The molecule has 0 unspecified atom stereocenters. The van der Waals surface area contributed by atoms with E-state index >= 15 is 0 Å². The fourth-order valence-corrected chi connectivity index (χ4v) is 3.73. The highest BCUT2D eigenvalue weighted by Gasteiger charge is 2.17. The maximum absolute atomic E-state index is 12.6. The molecule has 3 rings (SSSR count). The van der Waals surface area contributed by atoms with E-state index in [1.165, 1.54) is 11.3 Å². The summed E-state index contributed by atoms with van der Waals surface area (Å²) in [5, 5.41) is 15.1. The highest BCUT2D eigenvalue weighted by molar-refractivity contribution is 7.15. The Kier molecular flexibility index (Phi) is 5.74. The van der Waals surface area contributed by atoms with E-state index in [9.17, 15) is 4.79 Å². The van der Waals surface area contributed by atoms with Crippen molar-refractivity contribution in [3.63, 3.8) is 0 Å². The molecule has 0 aliphatic carbocycles. The number of nitrogens with one attached hydrogen (secondary N) is 1. The Hall–Kier alpha value is -2.18. The average molecular weight is 388 g/mol. The normalized spacial score (nSPS) is 10.8. The molecule has 0 aliphatic heterocycles. The van der Waals surface area contributed by atoms with Gasteiger partial charge in [0.2, 0.25) is 0 Å². The summed E-state index contributed by atoms with van der Waals surface area (Å²) in [4.78, 5) is 17.0. The largest absolute Gasteiger partial charge is 0.313 e. The van der Waals surface area contributed by atoms with Gasteiger partial charge in [0.05, 0.1) is 0 Å². The summed E-state index contributed by atoms with van der Waals surface area (Å²) in [7, 11) is 0. The van der Waals surface area contributed by atoms with Gasteiger partial charge in [-0.15, -0.1) is 11.3 Å². The summed E-state index contributed by atoms with van der Waals surface area (Å²) in [5.74, 6) is -0.197. The molecule has 0 spiro atoms. The number of anilines is 1. The molecule has 0 aliphatic rings. The van der Waals surface area contributed by atoms with Gasteiger partial charge in [-0.25, -0.2) is 4.89 Å². The number of carbonyl (C=O) groups excluding carboxylic acids is 1. The SMILES string of the molecule is Cc1ccc(C(=O)Nc2scc(-c3ccc(Cl)cc3)c2COO)cc1C. The van der Waals surface area contributed by atoms with E-state index in [1.807, 2.05) is 43.5 Å². The predicted molar refractivity (Wildman–Crippen MR) is 106 cm³/mol. The molecule has 134 valence electrons. The Morgan fingerprint density at radius 2 is 1.88 bits per heavy atom. The molecule has 1 amide bonds. The van der Waals surface area contributed by atoms with Crippen molar-refractivity contribution in [2.45, 2.75) is 20.5 Å². The van der Waals surface area contributed by atoms with Crippen LogP contribution in [0.25, 0.3) is 11.1 Å². The summed E-state index contributed by atoms with van der Waals surface area (Å²) in [6.07, 6.45) is 0. The second-order valence-electron chi connectivity index (χ2n) is 5.99. The molecule has 0 atom stereocenters. The third kappa shape index (κ3) is 3.97. The molecule has 1 heterocycles. The summed E-state index contributed by atoms with van der Waals surface area (Å²) in [6, 6.07) is 13.0. The van der Waals surface area contributed by atoms with Crippen molar-refractivity contribution in [1.29, 1.82) is 0 Å². The molecule has 2 aromatic carbocycles. The number of benzene rings is 2. The number of hydrogen-bond donors (Lipinski definition) is 2. The van der Waals surface area contributed by atoms with Crippen molar-refractivity contribution in [3.05, 3.63) is 75.1 Å². The minimum absolute atomic E-state index is 0.0238. The average Bonchev–Trinajstić information content (AvgIpc) is 3.01. The second-order valence-corrected chi connectivity index (χ2v) is 7.31. The van der Waals surface area contributed by atoms with E-state index < -0.39 is 0 Å². The van der Waals surface area contributed by atoms with Crippen LogP contribution in [0.15, 0.2) is 47.8 Å². The molecule has 0 fully saturated rings. The molecule has 0 bridgehead atoms. The number of hydrogen-bond acceptors (Lipinski definition) is 4. The van der Waals surface area contributed by atoms with Gasteiger partial charge in [0.1, 0.15) is 11.6 Å². The van der Waals surface area contributed by atoms with Gasteiger partial charge in [-0.2, -0.15) is 0 Å². The maximum atomic E-state index is 12.6. The smallest absolute Gasteiger partial charge is 0.256 e. The lowest BCUT2D eigenvalue weighted by molar-refractivity contribution is -0.252. The fourth-order valence-electron chi connectivity index (χ4n) is 2.62. The van der Waals surface area contributed by atoms with Crippen LogP contribution >= 0.6 is 22.9 Å². The molecular weight excluding hydrogens is 370 g/mol. The van der Waals surface area contributed by atoms with Gasteiger partial charge in [0.15, 0.2) is 0 Å². The zero-order valence-electron chi connectivity index (χ0n) is 14.4. The molecular formula is C20H18ClNO3S. The number of amides is 1. The van der Waals surface area contributed by atoms with Crippen LogP contribution in [-0.2, 0) is 11.5 Å². The van der Waals surface area contributed by atoms with Gasteiger partial charge in [-0.3, -0.25) is 10.1 Å². The van der Waals surface area contributed by atoms with E-state index in [0.717, 1.165) is 27.8 Å². The second kappa shape index (κ2) is 8.01. The molecule has 26 heavy (non-hydrogen) atoms. The molecule has 0 radical (unpaired) electrons. The van der Waals surface area contributed by atoms with Gasteiger partial charge in [0.25, 0.3) is 5.91 Å². The first-order chi connectivity index (χ1) is 12.5. The first-order valence-corrected chi connectivity index (χ1v) is 9.26. The van der Waals surface area contributed by atoms with Crippen molar-refractivity contribution >= 4 is 33.8 Å². The Balaban J connectivity index is 1.91. The van der Waals surface area contributed by atoms with Crippen molar-refractivity contribution in [2.75, 3.05) is 5.32 Å². The topological polar surface area (TPSA) is 58.6 Å². The van der Waals surface area contributed by atoms with E-state index in [-0.39, 0.29) is 12.5 Å². The molecule has 4 nitrogen and oxygen atoms in total. The third-order valence-electron chi connectivity index (χ3n) is 4.25. The molecule has 6 heteroatoms. The fraction of sp³-hybridized carbons (Fsp3) is 0.150. The van der Waals surface area contributed by atoms with Gasteiger partial charge >= 0.3 is 0 Å². The Labute approximate surface area is 160 Å². The van der Waals surface area contributed by atoms with E-state index in [1.54, 1.807) is 18.2 Å².